The summed E-state index contributed by atoms with van der Waals surface area (Å²) >= 11 is 1.53. The highest BCUT2D eigenvalue weighted by atomic mass is 32.2. The molecule has 0 spiro atoms. The van der Waals surface area contributed by atoms with Crippen LogP contribution in [0.3, 0.4) is 0 Å². The van der Waals surface area contributed by atoms with Crippen molar-refractivity contribution in [2.24, 2.45) is 0 Å². The summed E-state index contributed by atoms with van der Waals surface area (Å²) in [6.07, 6.45) is 5.32. The van der Waals surface area contributed by atoms with Crippen molar-refractivity contribution in [3.8, 4) is 12.3 Å². The fraction of sp³-hybridized carbons (Fsp3) is 0.308. The lowest BCUT2D eigenvalue weighted by atomic mass is 10.1. The Kier molecular flexibility index (Phi) is 2.80. The van der Waals surface area contributed by atoms with Crippen LogP contribution in [0.1, 0.15) is 13.8 Å². The van der Waals surface area contributed by atoms with Gasteiger partial charge in [-0.2, -0.15) is 0 Å². The standard InChI is InChI=1S/C13H14N2OS/c1-4-7-15-10-6-5-9(14)8-11(10)17-13(2,3)12(15)16/h1,5-6,8H,7,14H2,2-3H3. The molecule has 2 N–H and O–H groups in total. The van der Waals surface area contributed by atoms with Gasteiger partial charge in [0, 0.05) is 10.6 Å². The average Bonchev–Trinajstić information content (AvgIpc) is 2.24. The summed E-state index contributed by atoms with van der Waals surface area (Å²) < 4.78 is -0.502. The molecule has 2 rings (SSSR count). The number of terminal acetylenes is 1. The minimum absolute atomic E-state index is 0.0396. The molecule has 0 radical (unpaired) electrons. The number of thioether (sulfide) groups is 1. The topological polar surface area (TPSA) is 46.3 Å². The number of hydrogen-bond donors (Lipinski definition) is 1. The molecule has 1 heterocycles. The van der Waals surface area contributed by atoms with Gasteiger partial charge in [-0.1, -0.05) is 5.92 Å². The van der Waals surface area contributed by atoms with Gasteiger partial charge >= 0.3 is 0 Å². The third kappa shape index (κ3) is 1.98. The van der Waals surface area contributed by atoms with Gasteiger partial charge in [0.05, 0.1) is 17.0 Å². The van der Waals surface area contributed by atoms with Crippen molar-refractivity contribution in [1.82, 2.24) is 0 Å². The predicted molar refractivity (Wildman–Crippen MR) is 72.0 cm³/mol. The summed E-state index contributed by atoms with van der Waals surface area (Å²) in [5, 5.41) is 0. The Bertz CT molecular complexity index is 517. The number of carbonyl (C=O) groups excluding carboxylic acids is 1. The number of anilines is 2. The first-order valence-electron chi connectivity index (χ1n) is 5.29. The van der Waals surface area contributed by atoms with Gasteiger partial charge in [0.2, 0.25) is 5.91 Å². The largest absolute Gasteiger partial charge is 0.399 e. The van der Waals surface area contributed by atoms with Gasteiger partial charge in [-0.05, 0) is 32.0 Å². The Morgan fingerprint density at radius 3 is 2.88 bits per heavy atom. The quantitative estimate of drug-likeness (QED) is 0.610. The third-order valence-electron chi connectivity index (χ3n) is 2.65. The van der Waals surface area contributed by atoms with E-state index in [9.17, 15) is 4.79 Å². The molecule has 0 aromatic heterocycles. The first-order chi connectivity index (χ1) is 7.95. The summed E-state index contributed by atoms with van der Waals surface area (Å²) in [4.78, 5) is 14.9. The van der Waals surface area contributed by atoms with E-state index in [2.05, 4.69) is 5.92 Å². The maximum Gasteiger partial charge on any atom is 0.243 e. The van der Waals surface area contributed by atoms with E-state index in [4.69, 9.17) is 12.2 Å². The van der Waals surface area contributed by atoms with Crippen LogP contribution in [0.2, 0.25) is 0 Å². The summed E-state index contributed by atoms with van der Waals surface area (Å²) in [5.74, 6) is 2.57. The van der Waals surface area contributed by atoms with Crippen LogP contribution in [0, 0.1) is 12.3 Å². The Morgan fingerprint density at radius 1 is 1.53 bits per heavy atom. The van der Waals surface area contributed by atoms with Gasteiger partial charge in [0.15, 0.2) is 0 Å². The van der Waals surface area contributed by atoms with E-state index in [1.54, 1.807) is 11.0 Å². The van der Waals surface area contributed by atoms with Gasteiger partial charge in [0.25, 0.3) is 0 Å². The molecular formula is C13H14N2OS. The van der Waals surface area contributed by atoms with Crippen molar-refractivity contribution in [3.05, 3.63) is 18.2 Å². The zero-order valence-corrected chi connectivity index (χ0v) is 10.7. The fourth-order valence-corrected chi connectivity index (χ4v) is 3.06. The zero-order chi connectivity index (χ0) is 12.6. The van der Waals surface area contributed by atoms with Crippen molar-refractivity contribution < 1.29 is 4.79 Å². The van der Waals surface area contributed by atoms with Gasteiger partial charge in [-0.15, -0.1) is 18.2 Å². The van der Waals surface area contributed by atoms with Crippen LogP contribution < -0.4 is 10.6 Å². The van der Waals surface area contributed by atoms with Crippen LogP contribution in [-0.4, -0.2) is 17.2 Å². The average molecular weight is 246 g/mol. The smallest absolute Gasteiger partial charge is 0.243 e. The summed E-state index contributed by atoms with van der Waals surface area (Å²) in [5.41, 5.74) is 7.32. The lowest BCUT2D eigenvalue weighted by Gasteiger charge is -2.37. The lowest BCUT2D eigenvalue weighted by molar-refractivity contribution is -0.120. The molecule has 0 fully saturated rings. The number of rotatable bonds is 1. The molecule has 1 aliphatic heterocycles. The molecule has 0 atom stereocenters. The minimum Gasteiger partial charge on any atom is -0.399 e. The Labute approximate surface area is 105 Å². The monoisotopic (exact) mass is 246 g/mol. The maximum atomic E-state index is 12.3. The van der Waals surface area contributed by atoms with Crippen molar-refractivity contribution in [1.29, 1.82) is 0 Å². The maximum absolute atomic E-state index is 12.3. The van der Waals surface area contributed by atoms with Crippen LogP contribution in [0.15, 0.2) is 23.1 Å². The van der Waals surface area contributed by atoms with E-state index < -0.39 is 4.75 Å². The molecule has 0 unspecified atom stereocenters. The highest BCUT2D eigenvalue weighted by molar-refractivity contribution is 8.01. The third-order valence-corrected chi connectivity index (χ3v) is 3.88. The van der Waals surface area contributed by atoms with E-state index in [-0.39, 0.29) is 5.91 Å². The van der Waals surface area contributed by atoms with Crippen molar-refractivity contribution in [3.63, 3.8) is 0 Å². The second kappa shape index (κ2) is 4.01. The highest BCUT2D eigenvalue weighted by Crippen LogP contribution is 2.45. The summed E-state index contributed by atoms with van der Waals surface area (Å²) in [6, 6.07) is 5.52. The van der Waals surface area contributed by atoms with Crippen molar-refractivity contribution in [2.75, 3.05) is 17.2 Å². The number of nitrogens with two attached hydrogens (primary N) is 1. The molecule has 0 saturated carbocycles. The summed E-state index contributed by atoms with van der Waals surface area (Å²) in [6.45, 7) is 4.09. The molecule has 17 heavy (non-hydrogen) atoms. The van der Waals surface area contributed by atoms with E-state index >= 15 is 0 Å². The van der Waals surface area contributed by atoms with Crippen LogP contribution in [0.5, 0.6) is 0 Å². The highest BCUT2D eigenvalue weighted by Gasteiger charge is 2.39. The SMILES string of the molecule is C#CCN1C(=O)C(C)(C)Sc2cc(N)ccc21. The summed E-state index contributed by atoms with van der Waals surface area (Å²) in [7, 11) is 0. The van der Waals surface area contributed by atoms with Crippen LogP contribution in [0.4, 0.5) is 11.4 Å². The first-order valence-corrected chi connectivity index (χ1v) is 6.11. The number of carbonyl (C=O) groups is 1. The first kappa shape index (κ1) is 11.9. The predicted octanol–water partition coefficient (Wildman–Crippen LogP) is 2.12. The number of nitrogen functional groups attached to an aromatic ring is 1. The van der Waals surface area contributed by atoms with Gasteiger partial charge in [0.1, 0.15) is 0 Å². The fourth-order valence-electron chi connectivity index (χ4n) is 1.84. The van der Waals surface area contributed by atoms with E-state index in [0.717, 1.165) is 10.6 Å². The Hall–Kier alpha value is -1.60. The molecule has 0 bridgehead atoms. The second-order valence-electron chi connectivity index (χ2n) is 4.43. The second-order valence-corrected chi connectivity index (χ2v) is 6.10. The molecular weight excluding hydrogens is 232 g/mol. The van der Waals surface area contributed by atoms with E-state index in [1.165, 1.54) is 11.8 Å². The van der Waals surface area contributed by atoms with Crippen molar-refractivity contribution in [2.45, 2.75) is 23.5 Å². The van der Waals surface area contributed by atoms with Crippen LogP contribution >= 0.6 is 11.8 Å². The molecule has 1 aromatic rings. The van der Waals surface area contributed by atoms with E-state index in [0.29, 0.717) is 12.2 Å². The Morgan fingerprint density at radius 2 is 2.24 bits per heavy atom. The molecule has 1 aromatic carbocycles. The molecule has 88 valence electrons. The minimum atomic E-state index is -0.502. The number of amides is 1. The van der Waals surface area contributed by atoms with Gasteiger partial charge in [-0.25, -0.2) is 0 Å². The molecule has 1 aliphatic rings. The molecule has 0 aliphatic carbocycles. The number of hydrogen-bond acceptors (Lipinski definition) is 3. The van der Waals surface area contributed by atoms with Gasteiger partial charge in [-0.3, -0.25) is 9.69 Å². The van der Waals surface area contributed by atoms with Crippen molar-refractivity contribution >= 4 is 29.0 Å². The Balaban J connectivity index is 2.55. The molecule has 1 amide bonds. The zero-order valence-electron chi connectivity index (χ0n) is 9.86. The van der Waals surface area contributed by atoms with Gasteiger partial charge < -0.3 is 5.73 Å². The number of fused-ring (bicyclic) bond motifs is 1. The van der Waals surface area contributed by atoms with Crippen LogP contribution in [0.25, 0.3) is 0 Å². The molecule has 4 heteroatoms. The van der Waals surface area contributed by atoms with E-state index in [1.807, 2.05) is 26.0 Å². The number of benzene rings is 1. The van der Waals surface area contributed by atoms with Crippen LogP contribution in [-0.2, 0) is 4.79 Å². The lowest BCUT2D eigenvalue weighted by Crippen LogP contribution is -2.46. The molecule has 3 nitrogen and oxygen atoms in total. The number of nitrogens with zero attached hydrogens (tertiary/aromatic N) is 1. The normalized spacial score (nSPS) is 17.5. The molecule has 0 saturated heterocycles.